The number of alkyl carbamates (subject to hydrolysis) is 1. The second-order valence-corrected chi connectivity index (χ2v) is 4.67. The van der Waals surface area contributed by atoms with Crippen molar-refractivity contribution in [3.63, 3.8) is 0 Å². The molecule has 0 spiro atoms. The highest BCUT2D eigenvalue weighted by Crippen LogP contribution is 2.10. The number of nitrogens with one attached hydrogen (secondary N) is 1. The summed E-state index contributed by atoms with van der Waals surface area (Å²) in [5, 5.41) is 2.60. The van der Waals surface area contributed by atoms with E-state index in [4.69, 9.17) is 9.47 Å². The Morgan fingerprint density at radius 1 is 1.09 bits per heavy atom. The van der Waals surface area contributed by atoms with Gasteiger partial charge in [-0.15, -0.1) is 0 Å². The van der Waals surface area contributed by atoms with Crippen LogP contribution in [-0.4, -0.2) is 19.2 Å². The SMILES string of the molecule is CCOc1ccc(C#CCNC(=O)OCc2ccccc2)cc1. The standard InChI is InChI=1S/C19H19NO3/c1-2-22-18-12-10-16(11-13-18)9-6-14-20-19(21)23-15-17-7-4-3-5-8-17/h3-5,7-8,10-13H,2,14-15H2,1H3,(H,20,21). The van der Waals surface area contributed by atoms with Gasteiger partial charge in [0.2, 0.25) is 0 Å². The highest BCUT2D eigenvalue weighted by molar-refractivity contribution is 5.67. The first-order valence-electron chi connectivity index (χ1n) is 7.44. The minimum Gasteiger partial charge on any atom is -0.494 e. The molecule has 0 aliphatic heterocycles. The van der Waals surface area contributed by atoms with Crippen molar-refractivity contribution in [2.75, 3.05) is 13.2 Å². The molecule has 0 fully saturated rings. The van der Waals surface area contributed by atoms with E-state index in [9.17, 15) is 4.79 Å². The molecular weight excluding hydrogens is 290 g/mol. The summed E-state index contributed by atoms with van der Waals surface area (Å²) < 4.78 is 10.4. The van der Waals surface area contributed by atoms with Crippen molar-refractivity contribution in [3.8, 4) is 17.6 Å². The van der Waals surface area contributed by atoms with E-state index in [0.29, 0.717) is 6.61 Å². The molecule has 2 aromatic carbocycles. The van der Waals surface area contributed by atoms with Gasteiger partial charge in [-0.1, -0.05) is 42.2 Å². The van der Waals surface area contributed by atoms with E-state index in [0.717, 1.165) is 16.9 Å². The number of hydrogen-bond donors (Lipinski definition) is 1. The zero-order chi connectivity index (χ0) is 16.3. The summed E-state index contributed by atoms with van der Waals surface area (Å²) in [5.41, 5.74) is 1.82. The molecule has 0 aliphatic carbocycles. The van der Waals surface area contributed by atoms with Crippen molar-refractivity contribution in [1.82, 2.24) is 5.32 Å². The van der Waals surface area contributed by atoms with Gasteiger partial charge in [0, 0.05) is 5.56 Å². The number of hydrogen-bond acceptors (Lipinski definition) is 3. The van der Waals surface area contributed by atoms with Crippen LogP contribution in [0, 0.1) is 11.8 Å². The summed E-state index contributed by atoms with van der Waals surface area (Å²) in [6.07, 6.45) is -0.477. The van der Waals surface area contributed by atoms with Gasteiger partial charge in [0.25, 0.3) is 0 Å². The summed E-state index contributed by atoms with van der Waals surface area (Å²) in [6.45, 7) is 3.07. The summed E-state index contributed by atoms with van der Waals surface area (Å²) in [7, 11) is 0. The van der Waals surface area contributed by atoms with Crippen molar-refractivity contribution in [1.29, 1.82) is 0 Å². The van der Waals surface area contributed by atoms with Crippen molar-refractivity contribution in [2.45, 2.75) is 13.5 Å². The highest BCUT2D eigenvalue weighted by Gasteiger charge is 2.00. The molecule has 0 aromatic heterocycles. The molecule has 4 nitrogen and oxygen atoms in total. The van der Waals surface area contributed by atoms with E-state index in [1.54, 1.807) is 0 Å². The third-order valence-electron chi connectivity index (χ3n) is 2.93. The van der Waals surface area contributed by atoms with E-state index in [2.05, 4.69) is 17.2 Å². The quantitative estimate of drug-likeness (QED) is 0.862. The Kier molecular flexibility index (Phi) is 6.55. The maximum atomic E-state index is 11.5. The van der Waals surface area contributed by atoms with Crippen LogP contribution in [0.15, 0.2) is 54.6 Å². The molecular formula is C19H19NO3. The van der Waals surface area contributed by atoms with Gasteiger partial charge in [0.05, 0.1) is 13.2 Å². The number of carbonyl (C=O) groups excluding carboxylic acids is 1. The van der Waals surface area contributed by atoms with Gasteiger partial charge in [0.1, 0.15) is 12.4 Å². The van der Waals surface area contributed by atoms with E-state index >= 15 is 0 Å². The number of benzene rings is 2. The highest BCUT2D eigenvalue weighted by atomic mass is 16.5. The summed E-state index contributed by atoms with van der Waals surface area (Å²) in [4.78, 5) is 11.5. The van der Waals surface area contributed by atoms with Crippen LogP contribution in [0.5, 0.6) is 5.75 Å². The lowest BCUT2D eigenvalue weighted by Crippen LogP contribution is -2.24. The van der Waals surface area contributed by atoms with Gasteiger partial charge in [-0.3, -0.25) is 0 Å². The van der Waals surface area contributed by atoms with Crippen LogP contribution in [0.4, 0.5) is 4.79 Å². The van der Waals surface area contributed by atoms with Crippen LogP contribution in [0.3, 0.4) is 0 Å². The van der Waals surface area contributed by atoms with Crippen LogP contribution in [0.25, 0.3) is 0 Å². The molecule has 4 heteroatoms. The Hall–Kier alpha value is -2.93. The minimum absolute atomic E-state index is 0.237. The fourth-order valence-electron chi connectivity index (χ4n) is 1.84. The maximum absolute atomic E-state index is 11.5. The Labute approximate surface area is 136 Å². The largest absolute Gasteiger partial charge is 0.494 e. The van der Waals surface area contributed by atoms with E-state index in [-0.39, 0.29) is 13.2 Å². The molecule has 0 unspecified atom stereocenters. The molecule has 0 aliphatic rings. The molecule has 1 amide bonds. The number of ether oxygens (including phenoxy) is 2. The Balaban J connectivity index is 1.71. The Morgan fingerprint density at radius 3 is 2.52 bits per heavy atom. The molecule has 0 atom stereocenters. The second kappa shape index (κ2) is 9.16. The van der Waals surface area contributed by atoms with Gasteiger partial charge in [0.15, 0.2) is 0 Å². The van der Waals surface area contributed by atoms with Crippen LogP contribution >= 0.6 is 0 Å². The van der Waals surface area contributed by atoms with Crippen molar-refractivity contribution < 1.29 is 14.3 Å². The Morgan fingerprint density at radius 2 is 1.83 bits per heavy atom. The molecule has 0 saturated heterocycles. The van der Waals surface area contributed by atoms with Gasteiger partial charge in [-0.05, 0) is 36.8 Å². The zero-order valence-electron chi connectivity index (χ0n) is 13.0. The average Bonchev–Trinajstić information content (AvgIpc) is 2.59. The first-order valence-corrected chi connectivity index (χ1v) is 7.44. The predicted octanol–water partition coefficient (Wildman–Crippen LogP) is 3.36. The summed E-state index contributed by atoms with van der Waals surface area (Å²) >= 11 is 0. The average molecular weight is 309 g/mol. The van der Waals surface area contributed by atoms with Gasteiger partial charge in [-0.2, -0.15) is 0 Å². The van der Waals surface area contributed by atoms with Gasteiger partial charge >= 0.3 is 6.09 Å². The van der Waals surface area contributed by atoms with E-state index in [1.165, 1.54) is 0 Å². The third kappa shape index (κ3) is 6.15. The van der Waals surface area contributed by atoms with Crippen LogP contribution in [0.2, 0.25) is 0 Å². The second-order valence-electron chi connectivity index (χ2n) is 4.67. The summed E-state index contributed by atoms with van der Waals surface area (Å²) in [6, 6.07) is 17.0. The van der Waals surface area contributed by atoms with Crippen LogP contribution in [-0.2, 0) is 11.3 Å². The predicted molar refractivity (Wildman–Crippen MR) is 89.1 cm³/mol. The first-order chi connectivity index (χ1) is 11.3. The molecule has 0 saturated carbocycles. The minimum atomic E-state index is -0.477. The monoisotopic (exact) mass is 309 g/mol. The fraction of sp³-hybridized carbons (Fsp3) is 0.211. The lowest BCUT2D eigenvalue weighted by molar-refractivity contribution is 0.141. The van der Waals surface area contributed by atoms with E-state index in [1.807, 2.05) is 61.5 Å². The maximum Gasteiger partial charge on any atom is 0.408 e. The lowest BCUT2D eigenvalue weighted by atomic mass is 10.2. The van der Waals surface area contributed by atoms with Crippen LogP contribution < -0.4 is 10.1 Å². The Bertz CT molecular complexity index is 669. The van der Waals surface area contributed by atoms with E-state index < -0.39 is 6.09 Å². The van der Waals surface area contributed by atoms with Gasteiger partial charge < -0.3 is 14.8 Å². The zero-order valence-corrected chi connectivity index (χ0v) is 13.0. The molecule has 23 heavy (non-hydrogen) atoms. The molecule has 0 bridgehead atoms. The fourth-order valence-corrected chi connectivity index (χ4v) is 1.84. The topological polar surface area (TPSA) is 47.6 Å². The normalized spacial score (nSPS) is 9.43. The molecule has 118 valence electrons. The number of amides is 1. The smallest absolute Gasteiger partial charge is 0.408 e. The third-order valence-corrected chi connectivity index (χ3v) is 2.93. The first kappa shape index (κ1) is 16.4. The summed E-state index contributed by atoms with van der Waals surface area (Å²) in [5.74, 6) is 6.67. The number of carbonyl (C=O) groups is 1. The molecule has 0 radical (unpaired) electrons. The molecule has 2 aromatic rings. The number of rotatable bonds is 5. The lowest BCUT2D eigenvalue weighted by Gasteiger charge is -2.04. The van der Waals surface area contributed by atoms with Crippen molar-refractivity contribution in [3.05, 3.63) is 65.7 Å². The van der Waals surface area contributed by atoms with Crippen LogP contribution in [0.1, 0.15) is 18.1 Å². The molecule has 1 N–H and O–H groups in total. The molecule has 0 heterocycles. The van der Waals surface area contributed by atoms with Crippen molar-refractivity contribution >= 4 is 6.09 Å². The van der Waals surface area contributed by atoms with Gasteiger partial charge in [-0.25, -0.2) is 4.79 Å². The van der Waals surface area contributed by atoms with Crippen molar-refractivity contribution in [2.24, 2.45) is 0 Å². The molecule has 2 rings (SSSR count).